The van der Waals surface area contributed by atoms with Crippen molar-refractivity contribution < 1.29 is 0 Å². The van der Waals surface area contributed by atoms with Crippen LogP contribution in [0.3, 0.4) is 0 Å². The first kappa shape index (κ1) is 12.2. The first-order valence-electron chi connectivity index (χ1n) is 7.20. The van der Waals surface area contributed by atoms with Crippen LogP contribution < -0.4 is 5.73 Å². The second kappa shape index (κ2) is 4.36. The molecular weight excluding hydrogens is 220 g/mol. The molecule has 18 heavy (non-hydrogen) atoms. The highest BCUT2D eigenvalue weighted by molar-refractivity contribution is 5.38. The van der Waals surface area contributed by atoms with Gasteiger partial charge in [0.05, 0.1) is 0 Å². The lowest BCUT2D eigenvalue weighted by Gasteiger charge is -2.43. The van der Waals surface area contributed by atoms with Crippen molar-refractivity contribution in [3.63, 3.8) is 0 Å². The number of hydrogen-bond donors (Lipinski definition) is 1. The molecule has 0 bridgehead atoms. The van der Waals surface area contributed by atoms with E-state index in [-0.39, 0.29) is 6.04 Å². The maximum absolute atomic E-state index is 6.56. The van der Waals surface area contributed by atoms with Crippen molar-refractivity contribution in [3.05, 3.63) is 35.4 Å². The van der Waals surface area contributed by atoms with E-state index >= 15 is 0 Å². The zero-order chi connectivity index (χ0) is 12.8. The number of likely N-dealkylation sites (tertiary alicyclic amines) is 1. The smallest absolute Gasteiger partial charge is 0.0359 e. The van der Waals surface area contributed by atoms with Crippen LogP contribution in [0.5, 0.6) is 0 Å². The third-order valence-electron chi connectivity index (χ3n) is 5.12. The molecule has 1 spiro atoms. The summed E-state index contributed by atoms with van der Waals surface area (Å²) in [7, 11) is 0. The fourth-order valence-electron chi connectivity index (χ4n) is 3.79. The molecule has 0 radical (unpaired) electrons. The molecule has 1 atom stereocenters. The molecule has 1 aliphatic heterocycles. The fourth-order valence-corrected chi connectivity index (χ4v) is 3.79. The van der Waals surface area contributed by atoms with Crippen LogP contribution in [0.1, 0.15) is 43.9 Å². The number of rotatable bonds is 1. The Hall–Kier alpha value is -0.860. The molecule has 98 valence electrons. The summed E-state index contributed by atoms with van der Waals surface area (Å²) in [5.74, 6) is 0. The lowest BCUT2D eigenvalue weighted by Crippen LogP contribution is -2.46. The monoisotopic (exact) mass is 244 g/mol. The summed E-state index contributed by atoms with van der Waals surface area (Å²) in [6, 6.07) is 9.68. The van der Waals surface area contributed by atoms with E-state index in [0.717, 1.165) is 0 Å². The maximum atomic E-state index is 6.56. The predicted octanol–water partition coefficient (Wildman–Crippen LogP) is 2.73. The van der Waals surface area contributed by atoms with E-state index < -0.39 is 0 Å². The average Bonchev–Trinajstić information content (AvgIpc) is 2.64. The summed E-state index contributed by atoms with van der Waals surface area (Å²) < 4.78 is 0. The van der Waals surface area contributed by atoms with Crippen molar-refractivity contribution in [2.45, 2.75) is 45.2 Å². The standard InChI is InChI=1S/C16H24N2/c1-12(2)18-9-7-16(8-10-18)11-13-5-3-4-6-14(13)15(16)17/h3-6,12,15H,7-11,17H2,1-2H3/t15-/m0/s1. The molecule has 1 fully saturated rings. The van der Waals surface area contributed by atoms with Crippen molar-refractivity contribution >= 4 is 0 Å². The summed E-state index contributed by atoms with van der Waals surface area (Å²) in [6.45, 7) is 7.00. The topological polar surface area (TPSA) is 29.3 Å². The van der Waals surface area contributed by atoms with E-state index in [1.54, 1.807) is 0 Å². The molecule has 2 heteroatoms. The van der Waals surface area contributed by atoms with E-state index in [9.17, 15) is 0 Å². The largest absolute Gasteiger partial charge is 0.323 e. The Labute approximate surface area is 110 Å². The molecule has 1 aliphatic carbocycles. The third-order valence-corrected chi connectivity index (χ3v) is 5.12. The molecule has 0 amide bonds. The number of benzene rings is 1. The van der Waals surface area contributed by atoms with Crippen LogP contribution in [-0.4, -0.2) is 24.0 Å². The Morgan fingerprint density at radius 2 is 1.89 bits per heavy atom. The molecule has 1 saturated heterocycles. The fraction of sp³-hybridized carbons (Fsp3) is 0.625. The number of fused-ring (bicyclic) bond motifs is 1. The quantitative estimate of drug-likeness (QED) is 0.823. The second-order valence-corrected chi connectivity index (χ2v) is 6.35. The zero-order valence-electron chi connectivity index (χ0n) is 11.5. The Kier molecular flexibility index (Phi) is 2.95. The molecule has 1 heterocycles. The SMILES string of the molecule is CC(C)N1CCC2(CC1)Cc1ccccc1[C@@H]2N. The van der Waals surface area contributed by atoms with E-state index in [0.29, 0.717) is 11.5 Å². The van der Waals surface area contributed by atoms with Gasteiger partial charge in [-0.05, 0) is 62.7 Å². The number of nitrogens with zero attached hydrogens (tertiary/aromatic N) is 1. The summed E-state index contributed by atoms with van der Waals surface area (Å²) >= 11 is 0. The molecule has 1 aromatic carbocycles. The van der Waals surface area contributed by atoms with Gasteiger partial charge in [0.2, 0.25) is 0 Å². The third kappa shape index (κ3) is 1.79. The number of nitrogens with two attached hydrogens (primary N) is 1. The van der Waals surface area contributed by atoms with Gasteiger partial charge in [0.1, 0.15) is 0 Å². The van der Waals surface area contributed by atoms with Crippen LogP contribution in [0, 0.1) is 5.41 Å². The van der Waals surface area contributed by atoms with E-state index in [2.05, 4.69) is 43.0 Å². The van der Waals surface area contributed by atoms with Gasteiger partial charge < -0.3 is 10.6 Å². The molecule has 0 saturated carbocycles. The Bertz CT molecular complexity index is 430. The average molecular weight is 244 g/mol. The van der Waals surface area contributed by atoms with Crippen LogP contribution in [0.2, 0.25) is 0 Å². The zero-order valence-corrected chi connectivity index (χ0v) is 11.5. The van der Waals surface area contributed by atoms with Crippen LogP contribution in [-0.2, 0) is 6.42 Å². The summed E-state index contributed by atoms with van der Waals surface area (Å²) in [5.41, 5.74) is 9.79. The van der Waals surface area contributed by atoms with Gasteiger partial charge in [0, 0.05) is 12.1 Å². The lowest BCUT2D eigenvalue weighted by atomic mass is 9.73. The minimum absolute atomic E-state index is 0.253. The lowest BCUT2D eigenvalue weighted by molar-refractivity contribution is 0.0710. The number of piperidine rings is 1. The van der Waals surface area contributed by atoms with Crippen molar-refractivity contribution in [2.75, 3.05) is 13.1 Å². The maximum Gasteiger partial charge on any atom is 0.0359 e. The first-order valence-corrected chi connectivity index (χ1v) is 7.20. The van der Waals surface area contributed by atoms with Gasteiger partial charge in [0.25, 0.3) is 0 Å². The molecule has 2 nitrogen and oxygen atoms in total. The van der Waals surface area contributed by atoms with Crippen LogP contribution in [0.25, 0.3) is 0 Å². The highest BCUT2D eigenvalue weighted by Crippen LogP contribution is 2.50. The van der Waals surface area contributed by atoms with Crippen molar-refractivity contribution in [3.8, 4) is 0 Å². The van der Waals surface area contributed by atoms with Gasteiger partial charge in [-0.2, -0.15) is 0 Å². The van der Waals surface area contributed by atoms with Gasteiger partial charge in [0.15, 0.2) is 0 Å². The van der Waals surface area contributed by atoms with Crippen LogP contribution in [0.15, 0.2) is 24.3 Å². The number of hydrogen-bond acceptors (Lipinski definition) is 2. The van der Waals surface area contributed by atoms with E-state index in [1.165, 1.54) is 43.5 Å². The van der Waals surface area contributed by atoms with Crippen LogP contribution in [0.4, 0.5) is 0 Å². The van der Waals surface area contributed by atoms with E-state index in [4.69, 9.17) is 5.73 Å². The minimum Gasteiger partial charge on any atom is -0.323 e. The van der Waals surface area contributed by atoms with Crippen molar-refractivity contribution in [1.82, 2.24) is 4.90 Å². The van der Waals surface area contributed by atoms with Crippen LogP contribution >= 0.6 is 0 Å². The minimum atomic E-state index is 0.253. The molecule has 2 aliphatic rings. The Balaban J connectivity index is 1.80. The normalized spacial score (nSPS) is 26.8. The molecule has 2 N–H and O–H groups in total. The summed E-state index contributed by atoms with van der Waals surface area (Å²) in [6.07, 6.45) is 3.69. The molecule has 0 aromatic heterocycles. The van der Waals surface area contributed by atoms with Crippen molar-refractivity contribution in [1.29, 1.82) is 0 Å². The highest BCUT2D eigenvalue weighted by atomic mass is 15.2. The molecule has 1 aromatic rings. The Morgan fingerprint density at radius 3 is 2.50 bits per heavy atom. The van der Waals surface area contributed by atoms with Gasteiger partial charge in [-0.1, -0.05) is 24.3 Å². The summed E-state index contributed by atoms with van der Waals surface area (Å²) in [4.78, 5) is 2.58. The summed E-state index contributed by atoms with van der Waals surface area (Å²) in [5, 5.41) is 0. The first-order chi connectivity index (χ1) is 8.62. The van der Waals surface area contributed by atoms with Gasteiger partial charge >= 0.3 is 0 Å². The van der Waals surface area contributed by atoms with Crippen molar-refractivity contribution in [2.24, 2.45) is 11.1 Å². The highest BCUT2D eigenvalue weighted by Gasteiger charge is 2.45. The van der Waals surface area contributed by atoms with Gasteiger partial charge in [-0.3, -0.25) is 0 Å². The van der Waals surface area contributed by atoms with Gasteiger partial charge in [-0.15, -0.1) is 0 Å². The van der Waals surface area contributed by atoms with Gasteiger partial charge in [-0.25, -0.2) is 0 Å². The molecular formula is C16H24N2. The molecule has 0 unspecified atom stereocenters. The predicted molar refractivity (Wildman–Crippen MR) is 75.5 cm³/mol. The molecule has 3 rings (SSSR count). The Morgan fingerprint density at radius 1 is 1.22 bits per heavy atom. The van der Waals surface area contributed by atoms with E-state index in [1.807, 2.05) is 0 Å². The second-order valence-electron chi connectivity index (χ2n) is 6.35.